The molecule has 0 atom stereocenters. The van der Waals surface area contributed by atoms with Crippen molar-refractivity contribution in [1.82, 2.24) is 15.5 Å². The molecule has 0 radical (unpaired) electrons. The standard InChI is InChI=1S/C23H26N4O2/c1-29-20-9-7-17(8-10-20)15-23(28)24-19-11-13-27(14-12-19)22-16-21(25-26-22)18-5-3-2-4-6-18/h2-10,16,19H,11-15H2,1H3,(H,24,28)(H,25,26). The van der Waals surface area contributed by atoms with Gasteiger partial charge in [-0.2, -0.15) is 5.10 Å². The molecule has 0 bridgehead atoms. The van der Waals surface area contributed by atoms with E-state index in [2.05, 4.69) is 38.6 Å². The zero-order chi connectivity index (χ0) is 20.1. The van der Waals surface area contributed by atoms with Crippen molar-refractivity contribution in [2.45, 2.75) is 25.3 Å². The number of H-pyrrole nitrogens is 1. The summed E-state index contributed by atoms with van der Waals surface area (Å²) in [4.78, 5) is 14.6. The van der Waals surface area contributed by atoms with Gasteiger partial charge in [-0.1, -0.05) is 42.5 Å². The number of hydrogen-bond acceptors (Lipinski definition) is 4. The van der Waals surface area contributed by atoms with Crippen LogP contribution in [0.15, 0.2) is 60.7 Å². The minimum atomic E-state index is 0.0692. The van der Waals surface area contributed by atoms with Gasteiger partial charge in [0.1, 0.15) is 5.75 Å². The molecule has 0 unspecified atom stereocenters. The van der Waals surface area contributed by atoms with Crippen LogP contribution in [0.4, 0.5) is 5.82 Å². The Morgan fingerprint density at radius 1 is 1.14 bits per heavy atom. The minimum absolute atomic E-state index is 0.0692. The fourth-order valence-corrected chi connectivity index (χ4v) is 3.70. The first kappa shape index (κ1) is 19.1. The van der Waals surface area contributed by atoms with Crippen LogP contribution in [0.3, 0.4) is 0 Å². The van der Waals surface area contributed by atoms with Crippen LogP contribution in [0.1, 0.15) is 18.4 Å². The number of rotatable bonds is 6. The summed E-state index contributed by atoms with van der Waals surface area (Å²) in [6.07, 6.45) is 2.23. The molecule has 2 N–H and O–H groups in total. The minimum Gasteiger partial charge on any atom is -0.497 e. The first-order chi connectivity index (χ1) is 14.2. The Balaban J connectivity index is 1.27. The lowest BCUT2D eigenvalue weighted by atomic mass is 10.0. The van der Waals surface area contributed by atoms with E-state index in [4.69, 9.17) is 4.74 Å². The molecule has 0 saturated carbocycles. The predicted octanol–water partition coefficient (Wildman–Crippen LogP) is 3.41. The molecule has 3 aromatic rings. The fraction of sp³-hybridized carbons (Fsp3) is 0.304. The molecular formula is C23H26N4O2. The van der Waals surface area contributed by atoms with E-state index < -0.39 is 0 Å². The van der Waals surface area contributed by atoms with Crippen molar-refractivity contribution in [3.63, 3.8) is 0 Å². The molecule has 2 aromatic carbocycles. The molecule has 1 aliphatic rings. The quantitative estimate of drug-likeness (QED) is 0.677. The highest BCUT2D eigenvalue weighted by atomic mass is 16.5. The topological polar surface area (TPSA) is 70.2 Å². The van der Waals surface area contributed by atoms with Gasteiger partial charge in [0.05, 0.1) is 19.2 Å². The first-order valence-electron chi connectivity index (χ1n) is 9.99. The van der Waals surface area contributed by atoms with E-state index in [0.717, 1.165) is 54.3 Å². The summed E-state index contributed by atoms with van der Waals surface area (Å²) >= 11 is 0. The number of ether oxygens (including phenoxy) is 1. The van der Waals surface area contributed by atoms with Crippen LogP contribution < -0.4 is 15.0 Å². The normalized spacial score (nSPS) is 14.6. The van der Waals surface area contributed by atoms with Gasteiger partial charge in [0, 0.05) is 25.2 Å². The highest BCUT2D eigenvalue weighted by Gasteiger charge is 2.22. The summed E-state index contributed by atoms with van der Waals surface area (Å²) in [5.74, 6) is 1.84. The maximum absolute atomic E-state index is 12.4. The maximum atomic E-state index is 12.4. The third kappa shape index (κ3) is 4.77. The van der Waals surface area contributed by atoms with E-state index in [0.29, 0.717) is 6.42 Å². The molecule has 6 heteroatoms. The summed E-state index contributed by atoms with van der Waals surface area (Å²) in [6.45, 7) is 1.76. The van der Waals surface area contributed by atoms with Crippen LogP contribution in [0.25, 0.3) is 11.3 Å². The molecule has 1 aliphatic heterocycles. The molecule has 1 aromatic heterocycles. The van der Waals surface area contributed by atoms with Gasteiger partial charge in [0.25, 0.3) is 0 Å². The van der Waals surface area contributed by atoms with Gasteiger partial charge in [0.2, 0.25) is 5.91 Å². The second kappa shape index (κ2) is 8.82. The predicted molar refractivity (Wildman–Crippen MR) is 114 cm³/mol. The zero-order valence-corrected chi connectivity index (χ0v) is 16.6. The lowest BCUT2D eigenvalue weighted by molar-refractivity contribution is -0.121. The van der Waals surface area contributed by atoms with Crippen molar-refractivity contribution in [3.05, 3.63) is 66.2 Å². The number of methoxy groups -OCH3 is 1. The summed E-state index contributed by atoms with van der Waals surface area (Å²) in [7, 11) is 1.64. The molecule has 6 nitrogen and oxygen atoms in total. The fourth-order valence-electron chi connectivity index (χ4n) is 3.70. The van der Waals surface area contributed by atoms with Gasteiger partial charge in [0.15, 0.2) is 5.82 Å². The Hall–Kier alpha value is -3.28. The number of nitrogens with zero attached hydrogens (tertiary/aromatic N) is 2. The second-order valence-electron chi connectivity index (χ2n) is 7.36. The number of hydrogen-bond donors (Lipinski definition) is 2. The number of aromatic nitrogens is 2. The lowest BCUT2D eigenvalue weighted by Crippen LogP contribution is -2.45. The smallest absolute Gasteiger partial charge is 0.224 e. The van der Waals surface area contributed by atoms with Crippen molar-refractivity contribution in [2.75, 3.05) is 25.1 Å². The number of carbonyl (C=O) groups excluding carboxylic acids is 1. The molecule has 0 aliphatic carbocycles. The average molecular weight is 390 g/mol. The zero-order valence-electron chi connectivity index (χ0n) is 16.6. The highest BCUT2D eigenvalue weighted by molar-refractivity contribution is 5.79. The van der Waals surface area contributed by atoms with E-state index in [1.807, 2.05) is 42.5 Å². The number of carbonyl (C=O) groups is 1. The van der Waals surface area contributed by atoms with Gasteiger partial charge < -0.3 is 15.0 Å². The Bertz CT molecular complexity index is 929. The van der Waals surface area contributed by atoms with Crippen LogP contribution >= 0.6 is 0 Å². The van der Waals surface area contributed by atoms with Crippen molar-refractivity contribution >= 4 is 11.7 Å². The molecule has 29 heavy (non-hydrogen) atoms. The number of piperidine rings is 1. The van der Waals surface area contributed by atoms with Crippen molar-refractivity contribution in [1.29, 1.82) is 0 Å². The Kier molecular flexibility index (Phi) is 5.79. The number of benzene rings is 2. The Labute approximate surface area is 170 Å². The second-order valence-corrected chi connectivity index (χ2v) is 7.36. The van der Waals surface area contributed by atoms with Crippen LogP contribution in [0.2, 0.25) is 0 Å². The number of nitrogens with one attached hydrogen (secondary N) is 2. The largest absolute Gasteiger partial charge is 0.497 e. The van der Waals surface area contributed by atoms with E-state index in [-0.39, 0.29) is 11.9 Å². The Morgan fingerprint density at radius 3 is 2.55 bits per heavy atom. The van der Waals surface area contributed by atoms with E-state index >= 15 is 0 Å². The number of aromatic amines is 1. The molecule has 4 rings (SSSR count). The van der Waals surface area contributed by atoms with Crippen LogP contribution in [0, 0.1) is 0 Å². The SMILES string of the molecule is COc1ccc(CC(=O)NC2CCN(c3cc(-c4ccccc4)[nH]n3)CC2)cc1. The Morgan fingerprint density at radius 2 is 1.86 bits per heavy atom. The molecular weight excluding hydrogens is 364 g/mol. The molecule has 150 valence electrons. The van der Waals surface area contributed by atoms with Crippen LogP contribution in [-0.2, 0) is 11.2 Å². The van der Waals surface area contributed by atoms with Crippen molar-refractivity contribution < 1.29 is 9.53 Å². The molecule has 2 heterocycles. The van der Waals surface area contributed by atoms with E-state index in [1.165, 1.54) is 0 Å². The monoisotopic (exact) mass is 390 g/mol. The van der Waals surface area contributed by atoms with Gasteiger partial charge in [-0.15, -0.1) is 0 Å². The van der Waals surface area contributed by atoms with Crippen molar-refractivity contribution in [2.24, 2.45) is 0 Å². The number of amides is 1. The third-order valence-corrected chi connectivity index (χ3v) is 5.36. The summed E-state index contributed by atoms with van der Waals surface area (Å²) in [5.41, 5.74) is 3.15. The van der Waals surface area contributed by atoms with E-state index in [1.54, 1.807) is 7.11 Å². The van der Waals surface area contributed by atoms with Crippen LogP contribution in [-0.4, -0.2) is 42.3 Å². The number of anilines is 1. The average Bonchev–Trinajstić information content (AvgIpc) is 3.26. The highest BCUT2D eigenvalue weighted by Crippen LogP contribution is 2.24. The molecule has 1 amide bonds. The maximum Gasteiger partial charge on any atom is 0.224 e. The molecule has 1 fully saturated rings. The van der Waals surface area contributed by atoms with E-state index in [9.17, 15) is 4.79 Å². The summed E-state index contributed by atoms with van der Waals surface area (Å²) < 4.78 is 5.16. The summed E-state index contributed by atoms with van der Waals surface area (Å²) in [5, 5.41) is 10.8. The lowest BCUT2D eigenvalue weighted by Gasteiger charge is -2.32. The van der Waals surface area contributed by atoms with Gasteiger partial charge in [-0.05, 0) is 36.1 Å². The summed E-state index contributed by atoms with van der Waals surface area (Å²) in [6, 6.07) is 20.1. The van der Waals surface area contributed by atoms with Gasteiger partial charge >= 0.3 is 0 Å². The third-order valence-electron chi connectivity index (χ3n) is 5.36. The van der Waals surface area contributed by atoms with Gasteiger partial charge in [-0.3, -0.25) is 9.89 Å². The van der Waals surface area contributed by atoms with Crippen LogP contribution in [0.5, 0.6) is 5.75 Å². The van der Waals surface area contributed by atoms with Crippen molar-refractivity contribution in [3.8, 4) is 17.0 Å². The van der Waals surface area contributed by atoms with Gasteiger partial charge in [-0.25, -0.2) is 0 Å². The first-order valence-corrected chi connectivity index (χ1v) is 9.99. The molecule has 0 spiro atoms. The molecule has 1 saturated heterocycles.